The molecule has 0 saturated carbocycles. The first-order valence-electron chi connectivity index (χ1n) is 5.72. The molecule has 100 valence electrons. The molecular formula is C15H9F2NO2. The van der Waals surface area contributed by atoms with E-state index in [0.29, 0.717) is 11.1 Å². The normalized spacial score (nSPS) is 9.85. The molecule has 0 heterocycles. The van der Waals surface area contributed by atoms with Gasteiger partial charge in [0.15, 0.2) is 0 Å². The Balaban J connectivity index is 2.07. The van der Waals surface area contributed by atoms with Gasteiger partial charge in [-0.1, -0.05) is 18.2 Å². The fraction of sp³-hybridized carbons (Fsp3) is 0.0667. The van der Waals surface area contributed by atoms with Crippen molar-refractivity contribution >= 4 is 5.97 Å². The number of ether oxygens (including phenoxy) is 1. The molecule has 2 rings (SSSR count). The number of carbonyl (C=O) groups excluding carboxylic acids is 1. The molecule has 0 aliphatic carbocycles. The molecule has 0 aromatic heterocycles. The first kappa shape index (κ1) is 13.7. The summed E-state index contributed by atoms with van der Waals surface area (Å²) in [5, 5.41) is 8.64. The van der Waals surface area contributed by atoms with E-state index in [1.807, 2.05) is 6.07 Å². The van der Waals surface area contributed by atoms with Crippen molar-refractivity contribution in [3.05, 3.63) is 70.8 Å². The monoisotopic (exact) mass is 273 g/mol. The summed E-state index contributed by atoms with van der Waals surface area (Å²) in [5.41, 5.74) is 0.385. The molecule has 2 aromatic rings. The predicted molar refractivity (Wildman–Crippen MR) is 66.6 cm³/mol. The molecule has 0 aliphatic heterocycles. The van der Waals surface area contributed by atoms with Crippen molar-refractivity contribution in [1.82, 2.24) is 0 Å². The van der Waals surface area contributed by atoms with Gasteiger partial charge in [0, 0.05) is 0 Å². The lowest BCUT2D eigenvalue weighted by Gasteiger charge is -2.06. The summed E-state index contributed by atoms with van der Waals surface area (Å²) in [6, 6.07) is 11.4. The summed E-state index contributed by atoms with van der Waals surface area (Å²) in [4.78, 5) is 11.6. The highest BCUT2D eigenvalue weighted by Gasteiger charge is 2.18. The largest absolute Gasteiger partial charge is 0.457 e. The average Bonchev–Trinajstić information content (AvgIpc) is 2.45. The van der Waals surface area contributed by atoms with E-state index in [0.717, 1.165) is 12.1 Å². The maximum Gasteiger partial charge on any atom is 0.344 e. The first-order chi connectivity index (χ1) is 9.61. The Labute approximate surface area is 114 Å². The van der Waals surface area contributed by atoms with Crippen LogP contribution in [0.3, 0.4) is 0 Å². The van der Waals surface area contributed by atoms with E-state index in [9.17, 15) is 13.6 Å². The lowest BCUT2D eigenvalue weighted by molar-refractivity contribution is 0.0461. The molecular weight excluding hydrogens is 264 g/mol. The zero-order valence-corrected chi connectivity index (χ0v) is 10.3. The highest BCUT2D eigenvalue weighted by Crippen LogP contribution is 2.14. The second kappa shape index (κ2) is 5.93. The van der Waals surface area contributed by atoms with E-state index in [1.54, 1.807) is 24.3 Å². The lowest BCUT2D eigenvalue weighted by atomic mass is 10.1. The number of halogens is 2. The topological polar surface area (TPSA) is 50.1 Å². The van der Waals surface area contributed by atoms with Crippen LogP contribution in [0.5, 0.6) is 0 Å². The maximum atomic E-state index is 13.3. The highest BCUT2D eigenvalue weighted by atomic mass is 19.1. The number of hydrogen-bond donors (Lipinski definition) is 0. The Kier molecular flexibility index (Phi) is 4.06. The molecule has 5 heteroatoms. The third-order valence-electron chi connectivity index (χ3n) is 2.62. The van der Waals surface area contributed by atoms with Crippen molar-refractivity contribution in [2.45, 2.75) is 6.61 Å². The van der Waals surface area contributed by atoms with Crippen LogP contribution in [0, 0.1) is 23.0 Å². The van der Waals surface area contributed by atoms with Crippen LogP contribution in [-0.4, -0.2) is 5.97 Å². The van der Waals surface area contributed by atoms with Crippen molar-refractivity contribution < 1.29 is 18.3 Å². The molecule has 2 aromatic carbocycles. The van der Waals surface area contributed by atoms with Gasteiger partial charge in [-0.25, -0.2) is 13.6 Å². The van der Waals surface area contributed by atoms with Gasteiger partial charge in [-0.3, -0.25) is 0 Å². The minimum atomic E-state index is -1.06. The molecule has 0 radical (unpaired) electrons. The van der Waals surface area contributed by atoms with Crippen molar-refractivity contribution in [3.8, 4) is 6.07 Å². The van der Waals surface area contributed by atoms with Crippen LogP contribution in [0.15, 0.2) is 42.5 Å². The number of hydrogen-bond acceptors (Lipinski definition) is 3. The van der Waals surface area contributed by atoms with Gasteiger partial charge in [-0.05, 0) is 29.8 Å². The standard InChI is InChI=1S/C15H9F2NO2/c16-12-2-1-3-13(17)14(12)15(19)20-9-11-6-4-10(8-18)5-7-11/h1-7H,9H2. The molecule has 0 unspecified atom stereocenters. The summed E-state index contributed by atoms with van der Waals surface area (Å²) in [7, 11) is 0. The molecule has 0 amide bonds. The van der Waals surface area contributed by atoms with Gasteiger partial charge < -0.3 is 4.74 Å². The molecule has 0 bridgehead atoms. The third-order valence-corrected chi connectivity index (χ3v) is 2.62. The number of esters is 1. The molecule has 0 N–H and O–H groups in total. The number of benzene rings is 2. The molecule has 0 atom stereocenters. The van der Waals surface area contributed by atoms with Crippen LogP contribution < -0.4 is 0 Å². The van der Waals surface area contributed by atoms with Crippen LogP contribution >= 0.6 is 0 Å². The van der Waals surface area contributed by atoms with Crippen molar-refractivity contribution in [2.24, 2.45) is 0 Å². The summed E-state index contributed by atoms with van der Waals surface area (Å²) < 4.78 is 31.5. The summed E-state index contributed by atoms with van der Waals surface area (Å²) in [6.07, 6.45) is 0. The number of nitriles is 1. The van der Waals surface area contributed by atoms with Gasteiger partial charge in [-0.15, -0.1) is 0 Å². The van der Waals surface area contributed by atoms with Gasteiger partial charge >= 0.3 is 5.97 Å². The molecule has 0 fully saturated rings. The zero-order valence-electron chi connectivity index (χ0n) is 10.3. The summed E-state index contributed by atoms with van der Waals surface area (Å²) in [6.45, 7) is -0.127. The van der Waals surface area contributed by atoms with E-state index in [4.69, 9.17) is 10.00 Å². The Morgan fingerprint density at radius 3 is 2.25 bits per heavy atom. The van der Waals surface area contributed by atoms with E-state index >= 15 is 0 Å². The number of nitrogens with zero attached hydrogens (tertiary/aromatic N) is 1. The Morgan fingerprint density at radius 1 is 1.10 bits per heavy atom. The van der Waals surface area contributed by atoms with Crippen LogP contribution in [0.2, 0.25) is 0 Å². The number of carbonyl (C=O) groups is 1. The van der Waals surface area contributed by atoms with E-state index < -0.39 is 23.2 Å². The third kappa shape index (κ3) is 2.98. The second-order valence-corrected chi connectivity index (χ2v) is 3.98. The molecule has 0 aliphatic rings. The predicted octanol–water partition coefficient (Wildman–Crippen LogP) is 3.19. The lowest BCUT2D eigenvalue weighted by Crippen LogP contribution is -2.10. The fourth-order valence-electron chi connectivity index (χ4n) is 1.59. The number of rotatable bonds is 3. The van der Waals surface area contributed by atoms with Gasteiger partial charge in [-0.2, -0.15) is 5.26 Å². The first-order valence-corrected chi connectivity index (χ1v) is 5.72. The van der Waals surface area contributed by atoms with E-state index in [1.165, 1.54) is 6.07 Å². The average molecular weight is 273 g/mol. The molecule has 0 spiro atoms. The van der Waals surface area contributed by atoms with Gasteiger partial charge in [0.2, 0.25) is 0 Å². The smallest absolute Gasteiger partial charge is 0.344 e. The van der Waals surface area contributed by atoms with Gasteiger partial charge in [0.05, 0.1) is 11.6 Å². The Morgan fingerprint density at radius 2 is 1.70 bits per heavy atom. The van der Waals surface area contributed by atoms with Crippen LogP contribution in [0.4, 0.5) is 8.78 Å². The van der Waals surface area contributed by atoms with Crippen molar-refractivity contribution in [3.63, 3.8) is 0 Å². The quantitative estimate of drug-likeness (QED) is 0.807. The summed E-state index contributed by atoms with van der Waals surface area (Å²) >= 11 is 0. The Hall–Kier alpha value is -2.74. The van der Waals surface area contributed by atoms with Crippen molar-refractivity contribution in [2.75, 3.05) is 0 Å². The maximum absolute atomic E-state index is 13.3. The van der Waals surface area contributed by atoms with E-state index in [-0.39, 0.29) is 6.61 Å². The van der Waals surface area contributed by atoms with Crippen LogP contribution in [0.25, 0.3) is 0 Å². The van der Waals surface area contributed by atoms with Crippen molar-refractivity contribution in [1.29, 1.82) is 5.26 Å². The van der Waals surface area contributed by atoms with Gasteiger partial charge in [0.25, 0.3) is 0 Å². The van der Waals surface area contributed by atoms with Crippen LogP contribution in [0.1, 0.15) is 21.5 Å². The SMILES string of the molecule is N#Cc1ccc(COC(=O)c2c(F)cccc2F)cc1. The zero-order chi connectivity index (χ0) is 14.5. The highest BCUT2D eigenvalue weighted by molar-refractivity contribution is 5.89. The Bertz CT molecular complexity index is 655. The minimum Gasteiger partial charge on any atom is -0.457 e. The summed E-state index contributed by atoms with van der Waals surface area (Å²) in [5.74, 6) is -2.99. The molecule has 3 nitrogen and oxygen atoms in total. The van der Waals surface area contributed by atoms with E-state index in [2.05, 4.69) is 0 Å². The molecule has 0 saturated heterocycles. The fourth-order valence-corrected chi connectivity index (χ4v) is 1.59. The van der Waals surface area contributed by atoms with Crippen LogP contribution in [-0.2, 0) is 11.3 Å². The van der Waals surface area contributed by atoms with Gasteiger partial charge in [0.1, 0.15) is 23.8 Å². The minimum absolute atomic E-state index is 0.127. The second-order valence-electron chi connectivity index (χ2n) is 3.98. The molecule has 20 heavy (non-hydrogen) atoms.